The van der Waals surface area contributed by atoms with Crippen molar-refractivity contribution >= 4 is 17.6 Å². The Hall–Kier alpha value is -2.11. The molecule has 0 aromatic heterocycles. The van der Waals surface area contributed by atoms with E-state index in [4.69, 9.17) is 0 Å². The van der Waals surface area contributed by atoms with Gasteiger partial charge in [0.05, 0.1) is 6.54 Å². The maximum Gasteiger partial charge on any atom is 0.322 e. The summed E-state index contributed by atoms with van der Waals surface area (Å²) in [5.74, 6) is -0.115. The number of carbonyl (C=O) groups is 2. The molecule has 5 nitrogen and oxygen atoms in total. The van der Waals surface area contributed by atoms with Gasteiger partial charge in [-0.15, -0.1) is 0 Å². The van der Waals surface area contributed by atoms with E-state index in [0.29, 0.717) is 18.8 Å². The van der Waals surface area contributed by atoms with Crippen molar-refractivity contribution in [3.8, 4) is 0 Å². The van der Waals surface area contributed by atoms with Crippen LogP contribution in [0.5, 0.6) is 0 Å². The monoisotopic (exact) mass is 347 g/mol. The molecule has 1 aromatic carbocycles. The first-order valence-corrected chi connectivity index (χ1v) is 9.18. The number of alkyl halides is 1. The standard InChI is InChI=1S/C19H26FN3O2/c1-2-14-6-8-16(9-7-14)21-19(25)23-13-15(20)12-17(23)18(24)22-10-4-3-5-11-22/h6-9,15,17H,2-5,10-13H2,1H3,(H,21,25)/t15-,17-/m0/s1. The maximum absolute atomic E-state index is 14.0. The molecule has 3 amide bonds. The molecule has 6 heteroatoms. The fourth-order valence-corrected chi connectivity index (χ4v) is 3.59. The van der Waals surface area contributed by atoms with Crippen molar-refractivity contribution in [1.29, 1.82) is 0 Å². The molecule has 2 saturated heterocycles. The molecule has 0 saturated carbocycles. The van der Waals surface area contributed by atoms with E-state index in [-0.39, 0.29) is 18.9 Å². The molecule has 1 aromatic rings. The van der Waals surface area contributed by atoms with Crippen LogP contribution in [0.3, 0.4) is 0 Å². The second kappa shape index (κ2) is 7.85. The third kappa shape index (κ3) is 4.11. The van der Waals surface area contributed by atoms with Gasteiger partial charge in [0, 0.05) is 25.2 Å². The Morgan fingerprint density at radius 3 is 2.48 bits per heavy atom. The van der Waals surface area contributed by atoms with Crippen molar-refractivity contribution in [3.63, 3.8) is 0 Å². The molecule has 0 radical (unpaired) electrons. The minimum atomic E-state index is -1.15. The van der Waals surface area contributed by atoms with Gasteiger partial charge in [0.15, 0.2) is 0 Å². The molecule has 3 rings (SSSR count). The van der Waals surface area contributed by atoms with Gasteiger partial charge in [-0.05, 0) is 43.4 Å². The van der Waals surface area contributed by atoms with Crippen LogP contribution in [-0.2, 0) is 11.2 Å². The Bertz CT molecular complexity index is 614. The fraction of sp³-hybridized carbons (Fsp3) is 0.579. The van der Waals surface area contributed by atoms with E-state index in [1.54, 1.807) is 4.90 Å². The largest absolute Gasteiger partial charge is 0.341 e. The Morgan fingerprint density at radius 2 is 1.84 bits per heavy atom. The topological polar surface area (TPSA) is 52.7 Å². The Kier molecular flexibility index (Phi) is 5.56. The van der Waals surface area contributed by atoms with Gasteiger partial charge < -0.3 is 15.1 Å². The Morgan fingerprint density at radius 1 is 1.16 bits per heavy atom. The predicted octanol–water partition coefficient (Wildman–Crippen LogP) is 3.21. The van der Waals surface area contributed by atoms with Crippen molar-refractivity contribution in [2.24, 2.45) is 0 Å². The lowest BCUT2D eigenvalue weighted by Crippen LogP contribution is -2.50. The molecule has 2 heterocycles. The van der Waals surface area contributed by atoms with Gasteiger partial charge in [0.1, 0.15) is 12.2 Å². The van der Waals surface area contributed by atoms with Crippen molar-refractivity contribution < 1.29 is 14.0 Å². The zero-order valence-electron chi connectivity index (χ0n) is 14.7. The summed E-state index contributed by atoms with van der Waals surface area (Å²) in [6, 6.07) is 6.48. The number of anilines is 1. The first kappa shape index (κ1) is 17.7. The number of nitrogens with one attached hydrogen (secondary N) is 1. The van der Waals surface area contributed by atoms with Crippen molar-refractivity contribution in [2.75, 3.05) is 25.0 Å². The second-order valence-corrected chi connectivity index (χ2v) is 6.87. The summed E-state index contributed by atoms with van der Waals surface area (Å²) >= 11 is 0. The molecule has 2 atom stereocenters. The molecule has 25 heavy (non-hydrogen) atoms. The van der Waals surface area contributed by atoms with Gasteiger partial charge in [-0.3, -0.25) is 4.79 Å². The molecule has 2 fully saturated rings. The molecule has 0 unspecified atom stereocenters. The van der Waals surface area contributed by atoms with Crippen LogP contribution in [-0.4, -0.2) is 53.6 Å². The fourth-order valence-electron chi connectivity index (χ4n) is 3.59. The van der Waals surface area contributed by atoms with E-state index in [9.17, 15) is 14.0 Å². The first-order chi connectivity index (χ1) is 12.1. The number of rotatable bonds is 3. The molecule has 1 N–H and O–H groups in total. The molecule has 2 aliphatic rings. The summed E-state index contributed by atoms with van der Waals surface area (Å²) in [6.07, 6.45) is 2.96. The van der Waals surface area contributed by atoms with Gasteiger partial charge in [-0.1, -0.05) is 19.1 Å². The van der Waals surface area contributed by atoms with E-state index in [1.165, 1.54) is 10.5 Å². The highest BCUT2D eigenvalue weighted by Gasteiger charge is 2.41. The summed E-state index contributed by atoms with van der Waals surface area (Å²) in [4.78, 5) is 28.5. The highest BCUT2D eigenvalue weighted by molar-refractivity contribution is 5.94. The summed E-state index contributed by atoms with van der Waals surface area (Å²) in [6.45, 7) is 3.46. The maximum atomic E-state index is 14.0. The van der Waals surface area contributed by atoms with Crippen LogP contribution >= 0.6 is 0 Å². The summed E-state index contributed by atoms with van der Waals surface area (Å²) in [5, 5.41) is 2.79. The SMILES string of the molecule is CCc1ccc(NC(=O)N2C[C@@H](F)C[C@H]2C(=O)N2CCCCC2)cc1. The first-order valence-electron chi connectivity index (χ1n) is 9.18. The lowest BCUT2D eigenvalue weighted by Gasteiger charge is -2.32. The quantitative estimate of drug-likeness (QED) is 0.913. The van der Waals surface area contributed by atoms with Crippen LogP contribution in [0, 0.1) is 0 Å². The smallest absolute Gasteiger partial charge is 0.322 e. The van der Waals surface area contributed by atoms with Gasteiger partial charge >= 0.3 is 6.03 Å². The van der Waals surface area contributed by atoms with Crippen molar-refractivity contribution in [2.45, 2.75) is 51.2 Å². The number of likely N-dealkylation sites (tertiary alicyclic amines) is 2. The van der Waals surface area contributed by atoms with Crippen LogP contribution < -0.4 is 5.32 Å². The number of carbonyl (C=O) groups excluding carboxylic acids is 2. The Labute approximate surface area is 148 Å². The molecule has 0 aliphatic carbocycles. The summed E-state index contributed by atoms with van der Waals surface area (Å²) in [5.41, 5.74) is 1.84. The zero-order valence-corrected chi connectivity index (χ0v) is 14.7. The minimum Gasteiger partial charge on any atom is -0.341 e. The van der Waals surface area contributed by atoms with E-state index in [1.807, 2.05) is 24.3 Å². The zero-order chi connectivity index (χ0) is 17.8. The number of halogens is 1. The lowest BCUT2D eigenvalue weighted by atomic mass is 10.1. The lowest BCUT2D eigenvalue weighted by molar-refractivity contribution is -0.136. The molecule has 0 spiro atoms. The summed E-state index contributed by atoms with van der Waals surface area (Å²) < 4.78 is 14.0. The number of nitrogens with zero attached hydrogens (tertiary/aromatic N) is 2. The third-order valence-corrected chi connectivity index (χ3v) is 5.08. The average Bonchev–Trinajstić information content (AvgIpc) is 3.04. The Balaban J connectivity index is 1.67. The van der Waals surface area contributed by atoms with Crippen LogP contribution in [0.25, 0.3) is 0 Å². The van der Waals surface area contributed by atoms with Gasteiger partial charge in [-0.25, -0.2) is 9.18 Å². The normalized spacial score (nSPS) is 23.6. The molecule has 2 aliphatic heterocycles. The van der Waals surface area contributed by atoms with E-state index in [0.717, 1.165) is 25.7 Å². The third-order valence-electron chi connectivity index (χ3n) is 5.08. The van der Waals surface area contributed by atoms with Gasteiger partial charge in [0.2, 0.25) is 5.91 Å². The van der Waals surface area contributed by atoms with Crippen LogP contribution in [0.2, 0.25) is 0 Å². The molecule has 136 valence electrons. The van der Waals surface area contributed by atoms with E-state index in [2.05, 4.69) is 12.2 Å². The van der Waals surface area contributed by atoms with E-state index < -0.39 is 18.2 Å². The number of benzene rings is 1. The highest BCUT2D eigenvalue weighted by atomic mass is 19.1. The molecular weight excluding hydrogens is 321 g/mol. The average molecular weight is 347 g/mol. The van der Waals surface area contributed by atoms with Crippen LogP contribution in [0.1, 0.15) is 38.2 Å². The molecule has 0 bridgehead atoms. The second-order valence-electron chi connectivity index (χ2n) is 6.87. The minimum absolute atomic E-state index is 0.0247. The number of hydrogen-bond donors (Lipinski definition) is 1. The molecular formula is C19H26FN3O2. The van der Waals surface area contributed by atoms with Crippen LogP contribution in [0.15, 0.2) is 24.3 Å². The predicted molar refractivity (Wildman–Crippen MR) is 95.3 cm³/mol. The van der Waals surface area contributed by atoms with Gasteiger partial charge in [0.25, 0.3) is 0 Å². The number of urea groups is 1. The summed E-state index contributed by atoms with van der Waals surface area (Å²) in [7, 11) is 0. The number of piperidine rings is 1. The number of aryl methyl sites for hydroxylation is 1. The highest BCUT2D eigenvalue weighted by Crippen LogP contribution is 2.25. The van der Waals surface area contributed by atoms with Crippen LogP contribution in [0.4, 0.5) is 14.9 Å². The van der Waals surface area contributed by atoms with Crippen molar-refractivity contribution in [1.82, 2.24) is 9.80 Å². The van der Waals surface area contributed by atoms with Gasteiger partial charge in [-0.2, -0.15) is 0 Å². The van der Waals surface area contributed by atoms with Crippen molar-refractivity contribution in [3.05, 3.63) is 29.8 Å². The van der Waals surface area contributed by atoms with E-state index >= 15 is 0 Å². The number of amides is 3. The number of hydrogen-bond acceptors (Lipinski definition) is 2.